The zero-order valence-electron chi connectivity index (χ0n) is 17.1. The van der Waals surface area contributed by atoms with Crippen LogP contribution in [-0.2, 0) is 15.1 Å². The van der Waals surface area contributed by atoms with Crippen molar-refractivity contribution in [1.29, 1.82) is 0 Å². The van der Waals surface area contributed by atoms with Crippen LogP contribution in [0, 0.1) is 5.92 Å². The monoisotopic (exact) mass is 381 g/mol. The van der Waals surface area contributed by atoms with Crippen LogP contribution in [-0.4, -0.2) is 19.2 Å². The standard InChI is InChI=1S/C24H31NO3/c1-18(2)28-23(26)24(19-10-6-4-7-11-19,20-12-8-5-9-13-20)25-21-14-16-22(27-3)17-15-21/h4,6-7,10-11,14-18,20,25H,5,8-9,12-13H2,1-3H3/t24-/m1/s1. The molecule has 2 aromatic rings. The van der Waals surface area contributed by atoms with E-state index < -0.39 is 5.54 Å². The van der Waals surface area contributed by atoms with Gasteiger partial charge in [0.15, 0.2) is 5.54 Å². The molecule has 0 amide bonds. The molecule has 0 saturated heterocycles. The van der Waals surface area contributed by atoms with Crippen molar-refractivity contribution in [3.63, 3.8) is 0 Å². The highest BCUT2D eigenvalue weighted by Crippen LogP contribution is 2.43. The molecule has 0 spiro atoms. The Hall–Kier alpha value is -2.49. The van der Waals surface area contributed by atoms with Gasteiger partial charge in [-0.15, -0.1) is 0 Å². The maximum absolute atomic E-state index is 13.6. The largest absolute Gasteiger partial charge is 0.497 e. The molecule has 28 heavy (non-hydrogen) atoms. The van der Waals surface area contributed by atoms with Crippen molar-refractivity contribution < 1.29 is 14.3 Å². The van der Waals surface area contributed by atoms with E-state index in [1.165, 1.54) is 6.42 Å². The van der Waals surface area contributed by atoms with Crippen LogP contribution >= 0.6 is 0 Å². The molecule has 1 atom stereocenters. The summed E-state index contributed by atoms with van der Waals surface area (Å²) in [7, 11) is 1.65. The van der Waals surface area contributed by atoms with E-state index in [0.29, 0.717) is 0 Å². The third-order valence-electron chi connectivity index (χ3n) is 5.54. The molecule has 0 aromatic heterocycles. The molecule has 4 heteroatoms. The Morgan fingerprint density at radius 3 is 2.21 bits per heavy atom. The normalized spacial score (nSPS) is 17.0. The van der Waals surface area contributed by atoms with E-state index >= 15 is 0 Å². The first kappa shape index (κ1) is 20.2. The van der Waals surface area contributed by atoms with Crippen LogP contribution < -0.4 is 10.1 Å². The fraction of sp³-hybridized carbons (Fsp3) is 0.458. The summed E-state index contributed by atoms with van der Waals surface area (Å²) in [6.45, 7) is 3.81. The van der Waals surface area contributed by atoms with Crippen LogP contribution in [0.15, 0.2) is 54.6 Å². The number of hydrogen-bond donors (Lipinski definition) is 1. The quantitative estimate of drug-likeness (QED) is 0.640. The van der Waals surface area contributed by atoms with Gasteiger partial charge in [0, 0.05) is 5.69 Å². The Bertz CT molecular complexity index is 751. The van der Waals surface area contributed by atoms with Crippen LogP contribution in [0.4, 0.5) is 5.69 Å². The van der Waals surface area contributed by atoms with Gasteiger partial charge in [-0.05, 0) is 62.4 Å². The van der Waals surface area contributed by atoms with Crippen molar-refractivity contribution in [2.75, 3.05) is 12.4 Å². The summed E-state index contributed by atoms with van der Waals surface area (Å²) >= 11 is 0. The molecular formula is C24H31NO3. The number of nitrogens with one attached hydrogen (secondary N) is 1. The molecule has 0 bridgehead atoms. The predicted molar refractivity (Wildman–Crippen MR) is 113 cm³/mol. The van der Waals surface area contributed by atoms with E-state index in [2.05, 4.69) is 5.32 Å². The number of esters is 1. The fourth-order valence-corrected chi connectivity index (χ4v) is 4.19. The van der Waals surface area contributed by atoms with E-state index in [4.69, 9.17) is 9.47 Å². The number of carbonyl (C=O) groups excluding carboxylic acids is 1. The summed E-state index contributed by atoms with van der Waals surface area (Å²) in [4.78, 5) is 13.6. The molecule has 0 aliphatic heterocycles. The highest BCUT2D eigenvalue weighted by molar-refractivity contribution is 5.87. The van der Waals surface area contributed by atoms with Crippen molar-refractivity contribution in [2.24, 2.45) is 5.92 Å². The molecule has 3 rings (SSSR count). The molecule has 1 aliphatic carbocycles. The second-order valence-corrected chi connectivity index (χ2v) is 7.82. The smallest absolute Gasteiger partial charge is 0.337 e. The maximum atomic E-state index is 13.6. The van der Waals surface area contributed by atoms with Crippen LogP contribution in [0.1, 0.15) is 51.5 Å². The summed E-state index contributed by atoms with van der Waals surface area (Å²) < 4.78 is 11.1. The van der Waals surface area contributed by atoms with E-state index in [1.54, 1.807) is 7.11 Å². The minimum atomic E-state index is -0.902. The lowest BCUT2D eigenvalue weighted by Gasteiger charge is -2.42. The van der Waals surface area contributed by atoms with Crippen molar-refractivity contribution in [2.45, 2.75) is 57.6 Å². The number of benzene rings is 2. The van der Waals surface area contributed by atoms with Gasteiger partial charge < -0.3 is 14.8 Å². The van der Waals surface area contributed by atoms with Gasteiger partial charge in [0.05, 0.1) is 13.2 Å². The molecular weight excluding hydrogens is 350 g/mol. The maximum Gasteiger partial charge on any atom is 0.337 e. The summed E-state index contributed by atoms with van der Waals surface area (Å²) in [6.07, 6.45) is 5.34. The van der Waals surface area contributed by atoms with Crippen LogP contribution in [0.5, 0.6) is 5.75 Å². The van der Waals surface area contributed by atoms with E-state index in [1.807, 2.05) is 68.4 Å². The third-order valence-corrected chi connectivity index (χ3v) is 5.54. The average Bonchev–Trinajstić information content (AvgIpc) is 2.73. The number of methoxy groups -OCH3 is 1. The van der Waals surface area contributed by atoms with Gasteiger partial charge >= 0.3 is 5.97 Å². The SMILES string of the molecule is COc1ccc(N[C@](C(=O)OC(C)C)(c2ccccc2)C2CCCCC2)cc1. The van der Waals surface area contributed by atoms with Gasteiger partial charge in [-0.3, -0.25) is 0 Å². The first-order chi connectivity index (χ1) is 13.6. The lowest BCUT2D eigenvalue weighted by atomic mass is 9.70. The molecule has 1 aliphatic rings. The number of carbonyl (C=O) groups is 1. The van der Waals surface area contributed by atoms with Crippen molar-refractivity contribution in [3.8, 4) is 5.75 Å². The second-order valence-electron chi connectivity index (χ2n) is 7.82. The number of ether oxygens (including phenoxy) is 2. The zero-order valence-corrected chi connectivity index (χ0v) is 17.1. The Kier molecular flexibility index (Phi) is 6.61. The van der Waals surface area contributed by atoms with Gasteiger partial charge in [-0.2, -0.15) is 0 Å². The predicted octanol–water partition coefficient (Wildman–Crippen LogP) is 5.53. The first-order valence-corrected chi connectivity index (χ1v) is 10.2. The number of rotatable bonds is 7. The molecule has 1 N–H and O–H groups in total. The van der Waals surface area contributed by atoms with Crippen LogP contribution in [0.2, 0.25) is 0 Å². The van der Waals surface area contributed by atoms with Gasteiger partial charge in [0.2, 0.25) is 0 Å². The summed E-state index contributed by atoms with van der Waals surface area (Å²) in [5.41, 5.74) is 0.944. The van der Waals surface area contributed by atoms with Crippen LogP contribution in [0.25, 0.3) is 0 Å². The number of anilines is 1. The second kappa shape index (κ2) is 9.13. The van der Waals surface area contributed by atoms with Gasteiger partial charge in [-0.25, -0.2) is 4.79 Å². The van der Waals surface area contributed by atoms with Crippen molar-refractivity contribution in [1.82, 2.24) is 0 Å². The summed E-state index contributed by atoms with van der Waals surface area (Å²) in [5.74, 6) is 0.770. The third kappa shape index (κ3) is 4.32. The number of hydrogen-bond acceptors (Lipinski definition) is 4. The van der Waals surface area contributed by atoms with Gasteiger partial charge in [-0.1, -0.05) is 49.6 Å². The average molecular weight is 382 g/mol. The molecule has 4 nitrogen and oxygen atoms in total. The Balaban J connectivity index is 2.08. The topological polar surface area (TPSA) is 47.6 Å². The minimum absolute atomic E-state index is 0.170. The first-order valence-electron chi connectivity index (χ1n) is 10.2. The van der Waals surface area contributed by atoms with E-state index in [-0.39, 0.29) is 18.0 Å². The Morgan fingerprint density at radius 1 is 1.00 bits per heavy atom. The Labute approximate surface area is 168 Å². The molecule has 150 valence electrons. The zero-order chi connectivity index (χ0) is 20.0. The van der Waals surface area contributed by atoms with Crippen LogP contribution in [0.3, 0.4) is 0 Å². The fourth-order valence-electron chi connectivity index (χ4n) is 4.19. The molecule has 0 radical (unpaired) electrons. The molecule has 0 unspecified atom stereocenters. The highest BCUT2D eigenvalue weighted by Gasteiger charge is 2.49. The highest BCUT2D eigenvalue weighted by atomic mass is 16.5. The molecule has 0 heterocycles. The van der Waals surface area contributed by atoms with E-state index in [0.717, 1.165) is 42.7 Å². The minimum Gasteiger partial charge on any atom is -0.497 e. The summed E-state index contributed by atoms with van der Waals surface area (Å²) in [6, 6.07) is 17.8. The van der Waals surface area contributed by atoms with E-state index in [9.17, 15) is 4.79 Å². The molecule has 1 fully saturated rings. The van der Waals surface area contributed by atoms with Crippen molar-refractivity contribution in [3.05, 3.63) is 60.2 Å². The Morgan fingerprint density at radius 2 is 1.64 bits per heavy atom. The lowest BCUT2D eigenvalue weighted by molar-refractivity contribution is -0.156. The molecule has 2 aromatic carbocycles. The van der Waals surface area contributed by atoms with Gasteiger partial charge in [0.1, 0.15) is 5.75 Å². The van der Waals surface area contributed by atoms with Gasteiger partial charge in [0.25, 0.3) is 0 Å². The summed E-state index contributed by atoms with van der Waals surface area (Å²) in [5, 5.41) is 3.60. The van der Waals surface area contributed by atoms with Crippen molar-refractivity contribution >= 4 is 11.7 Å². The molecule has 1 saturated carbocycles. The lowest BCUT2D eigenvalue weighted by Crippen LogP contribution is -2.52.